The number of carbonyl (C=O) groups excluding carboxylic acids is 1. The van der Waals surface area contributed by atoms with Gasteiger partial charge >= 0.3 is 12.2 Å². The van der Waals surface area contributed by atoms with Crippen molar-refractivity contribution in [3.05, 3.63) is 96.7 Å². The average Bonchev–Trinajstić information content (AvgIpc) is 3.54. The standard InChI is InChI=1S/C32H32F3N9O2/c33-32(34,35)23-4-5-28(46-15-8-25-19-37-11-12-38-25)26(17-23)43-31(45)41-24-3-1-2-22(16-24)27-20-44-14-13-39-30(44)29(42-27)40-18-21-6-9-36-10-7-21/h1-7,9-10,13-14,16-17,20,25,37-38H,8,11-12,15,18-19H2,(H,40,42)(H2,41,43,45). The summed E-state index contributed by atoms with van der Waals surface area (Å²) in [4.78, 5) is 26.3. The number of halogens is 3. The van der Waals surface area contributed by atoms with Crippen molar-refractivity contribution in [3.63, 3.8) is 0 Å². The van der Waals surface area contributed by atoms with Gasteiger partial charge < -0.3 is 35.7 Å². The summed E-state index contributed by atoms with van der Waals surface area (Å²) < 4.78 is 48.2. The molecule has 1 atom stereocenters. The highest BCUT2D eigenvalue weighted by Crippen LogP contribution is 2.35. The lowest BCUT2D eigenvalue weighted by Gasteiger charge is -2.24. The number of hydrogen-bond acceptors (Lipinski definition) is 8. The number of fused-ring (bicyclic) bond motifs is 1. The van der Waals surface area contributed by atoms with E-state index < -0.39 is 17.8 Å². The molecule has 1 saturated heterocycles. The van der Waals surface area contributed by atoms with Crippen LogP contribution in [0, 0.1) is 0 Å². The number of ether oxygens (including phenoxy) is 1. The number of aromatic nitrogens is 4. The molecular formula is C32H32F3N9O2. The summed E-state index contributed by atoms with van der Waals surface area (Å²) in [6.07, 6.45) is 4.80. The van der Waals surface area contributed by atoms with E-state index in [1.165, 1.54) is 6.07 Å². The van der Waals surface area contributed by atoms with Gasteiger partial charge in [0.1, 0.15) is 5.75 Å². The van der Waals surface area contributed by atoms with Crippen LogP contribution in [0.4, 0.5) is 35.2 Å². The molecule has 6 rings (SSSR count). The second-order valence-corrected chi connectivity index (χ2v) is 10.7. The Morgan fingerprint density at radius 3 is 2.72 bits per heavy atom. The Bertz CT molecular complexity index is 1790. The van der Waals surface area contributed by atoms with Crippen molar-refractivity contribution < 1.29 is 22.7 Å². The summed E-state index contributed by atoms with van der Waals surface area (Å²) in [7, 11) is 0. The van der Waals surface area contributed by atoms with E-state index in [2.05, 4.69) is 36.6 Å². The Morgan fingerprint density at radius 2 is 1.91 bits per heavy atom. The summed E-state index contributed by atoms with van der Waals surface area (Å²) in [5.74, 6) is 0.716. The fourth-order valence-corrected chi connectivity index (χ4v) is 5.07. The van der Waals surface area contributed by atoms with Crippen LogP contribution in [0.5, 0.6) is 5.75 Å². The Hall–Kier alpha value is -5.21. The zero-order valence-electron chi connectivity index (χ0n) is 24.6. The third-order valence-electron chi connectivity index (χ3n) is 7.40. The molecule has 1 unspecified atom stereocenters. The van der Waals surface area contributed by atoms with Crippen molar-refractivity contribution in [2.75, 3.05) is 42.2 Å². The number of piperazine rings is 1. The second-order valence-electron chi connectivity index (χ2n) is 10.7. The SMILES string of the molecule is O=C(Nc1cccc(-c2cn3ccnc3c(NCc3ccncc3)n2)c1)Nc1cc(C(F)(F)F)ccc1OCCC1CNCCN1. The zero-order valence-corrected chi connectivity index (χ0v) is 24.6. The molecule has 2 amide bonds. The molecule has 1 aliphatic rings. The minimum absolute atomic E-state index is 0.0876. The molecule has 46 heavy (non-hydrogen) atoms. The van der Waals surface area contributed by atoms with Crippen LogP contribution in [0.3, 0.4) is 0 Å². The first-order chi connectivity index (χ1) is 22.3. The summed E-state index contributed by atoms with van der Waals surface area (Å²) in [6, 6.07) is 13.3. The van der Waals surface area contributed by atoms with Crippen molar-refractivity contribution in [2.24, 2.45) is 0 Å². The Kier molecular flexibility index (Phi) is 9.26. The van der Waals surface area contributed by atoms with E-state index in [1.807, 2.05) is 35.0 Å². The molecule has 0 aliphatic carbocycles. The van der Waals surface area contributed by atoms with E-state index in [4.69, 9.17) is 9.72 Å². The smallest absolute Gasteiger partial charge is 0.416 e. The third-order valence-corrected chi connectivity index (χ3v) is 7.40. The zero-order chi connectivity index (χ0) is 31.9. The Balaban J connectivity index is 1.17. The predicted molar refractivity (Wildman–Crippen MR) is 169 cm³/mol. The number of imidazole rings is 1. The van der Waals surface area contributed by atoms with Gasteiger partial charge in [0.2, 0.25) is 0 Å². The number of rotatable bonds is 10. The topological polar surface area (TPSA) is 130 Å². The number of pyridine rings is 1. The maximum Gasteiger partial charge on any atom is 0.416 e. The fourth-order valence-electron chi connectivity index (χ4n) is 5.07. The molecule has 0 bridgehead atoms. The van der Waals surface area contributed by atoms with Crippen LogP contribution in [0.1, 0.15) is 17.5 Å². The lowest BCUT2D eigenvalue weighted by Crippen LogP contribution is -2.48. The lowest BCUT2D eigenvalue weighted by molar-refractivity contribution is -0.137. The largest absolute Gasteiger partial charge is 0.491 e. The minimum Gasteiger partial charge on any atom is -0.491 e. The lowest BCUT2D eigenvalue weighted by atomic mass is 10.1. The van der Waals surface area contributed by atoms with E-state index in [0.29, 0.717) is 41.4 Å². The summed E-state index contributed by atoms with van der Waals surface area (Å²) in [6.45, 7) is 3.26. The van der Waals surface area contributed by atoms with Gasteiger partial charge in [0.05, 0.1) is 23.6 Å². The van der Waals surface area contributed by atoms with Crippen LogP contribution in [0.25, 0.3) is 16.9 Å². The first-order valence-electron chi connectivity index (χ1n) is 14.7. The van der Waals surface area contributed by atoms with Gasteiger partial charge in [0, 0.05) is 74.5 Å². The number of benzene rings is 2. The highest BCUT2D eigenvalue weighted by atomic mass is 19.4. The van der Waals surface area contributed by atoms with Crippen molar-refractivity contribution in [1.82, 2.24) is 30.0 Å². The number of hydrogen-bond donors (Lipinski definition) is 5. The van der Waals surface area contributed by atoms with Crippen LogP contribution in [-0.2, 0) is 12.7 Å². The molecule has 2 aromatic carbocycles. The van der Waals surface area contributed by atoms with E-state index >= 15 is 0 Å². The summed E-state index contributed by atoms with van der Waals surface area (Å²) >= 11 is 0. The molecule has 3 aromatic heterocycles. The number of amides is 2. The van der Waals surface area contributed by atoms with Gasteiger partial charge in [-0.1, -0.05) is 12.1 Å². The minimum atomic E-state index is -4.59. The molecule has 238 valence electrons. The van der Waals surface area contributed by atoms with Gasteiger partial charge in [-0.05, 0) is 54.4 Å². The molecule has 0 radical (unpaired) electrons. The quantitative estimate of drug-likeness (QED) is 0.139. The highest BCUT2D eigenvalue weighted by molar-refractivity contribution is 6.01. The molecule has 14 heteroatoms. The Morgan fingerprint density at radius 1 is 1.04 bits per heavy atom. The second kappa shape index (κ2) is 13.8. The number of carbonyl (C=O) groups is 1. The molecule has 1 aliphatic heterocycles. The van der Waals surface area contributed by atoms with Crippen molar-refractivity contribution in [2.45, 2.75) is 25.2 Å². The molecule has 0 saturated carbocycles. The van der Waals surface area contributed by atoms with Crippen LogP contribution < -0.4 is 31.3 Å². The predicted octanol–water partition coefficient (Wildman–Crippen LogP) is 5.40. The van der Waals surface area contributed by atoms with Crippen LogP contribution in [0.15, 0.2) is 85.6 Å². The molecule has 5 N–H and O–H groups in total. The van der Waals surface area contributed by atoms with Gasteiger partial charge in [-0.15, -0.1) is 0 Å². The molecule has 0 spiro atoms. The molecule has 5 aromatic rings. The van der Waals surface area contributed by atoms with E-state index in [0.717, 1.165) is 37.3 Å². The Labute approximate surface area is 262 Å². The van der Waals surface area contributed by atoms with Crippen molar-refractivity contribution in [3.8, 4) is 17.0 Å². The van der Waals surface area contributed by atoms with Gasteiger partial charge in [0.15, 0.2) is 11.5 Å². The normalized spacial score (nSPS) is 15.0. The van der Waals surface area contributed by atoms with E-state index in [1.54, 1.807) is 36.8 Å². The number of nitrogens with one attached hydrogen (secondary N) is 5. The fraction of sp³-hybridized carbons (Fsp3) is 0.250. The number of anilines is 3. The van der Waals surface area contributed by atoms with Gasteiger partial charge in [-0.25, -0.2) is 14.8 Å². The monoisotopic (exact) mass is 631 g/mol. The number of nitrogens with zero attached hydrogens (tertiary/aromatic N) is 4. The molecule has 1 fully saturated rings. The van der Waals surface area contributed by atoms with E-state index in [9.17, 15) is 18.0 Å². The van der Waals surface area contributed by atoms with Crippen LogP contribution >= 0.6 is 0 Å². The first kappa shape index (κ1) is 30.8. The number of alkyl halides is 3. The summed E-state index contributed by atoms with van der Waals surface area (Å²) in [5, 5.41) is 15.2. The van der Waals surface area contributed by atoms with E-state index in [-0.39, 0.29) is 24.1 Å². The van der Waals surface area contributed by atoms with Crippen molar-refractivity contribution in [1.29, 1.82) is 0 Å². The maximum atomic E-state index is 13.5. The average molecular weight is 632 g/mol. The van der Waals surface area contributed by atoms with Crippen LogP contribution in [0.2, 0.25) is 0 Å². The highest BCUT2D eigenvalue weighted by Gasteiger charge is 2.31. The number of urea groups is 1. The van der Waals surface area contributed by atoms with Crippen molar-refractivity contribution >= 4 is 28.9 Å². The summed E-state index contributed by atoms with van der Waals surface area (Å²) in [5.41, 5.74) is 2.42. The molecule has 11 nitrogen and oxygen atoms in total. The first-order valence-corrected chi connectivity index (χ1v) is 14.7. The van der Waals surface area contributed by atoms with Gasteiger partial charge in [0.25, 0.3) is 0 Å². The third kappa shape index (κ3) is 7.71. The molecule has 4 heterocycles. The van der Waals surface area contributed by atoms with Crippen LogP contribution in [-0.4, -0.2) is 57.7 Å². The van der Waals surface area contributed by atoms with Gasteiger partial charge in [-0.3, -0.25) is 4.98 Å². The van der Waals surface area contributed by atoms with Gasteiger partial charge in [-0.2, -0.15) is 13.2 Å². The maximum absolute atomic E-state index is 13.5. The molecular weight excluding hydrogens is 599 g/mol.